The first-order valence-electron chi connectivity index (χ1n) is 5.35. The summed E-state index contributed by atoms with van der Waals surface area (Å²) < 4.78 is 50.3. The second-order valence-electron chi connectivity index (χ2n) is 3.86. The highest BCUT2D eigenvalue weighted by molar-refractivity contribution is 5.59. The van der Waals surface area contributed by atoms with Crippen molar-refractivity contribution in [1.29, 1.82) is 0 Å². The number of hydrogen-bond acceptors (Lipinski definition) is 2. The molecule has 1 aromatic carbocycles. The first-order chi connectivity index (χ1) is 8.91. The first-order valence-corrected chi connectivity index (χ1v) is 5.35. The molecule has 6 heteroatoms. The molecule has 0 bridgehead atoms. The Kier molecular flexibility index (Phi) is 3.53. The van der Waals surface area contributed by atoms with Crippen LogP contribution >= 0.6 is 0 Å². The number of benzene rings is 1. The number of halogens is 4. The highest BCUT2D eigenvalue weighted by Gasteiger charge is 2.30. The summed E-state index contributed by atoms with van der Waals surface area (Å²) in [6.45, 7) is -0.569. The van der Waals surface area contributed by atoms with Crippen LogP contribution in [-0.4, -0.2) is 10.1 Å². The zero-order valence-electron chi connectivity index (χ0n) is 9.58. The van der Waals surface area contributed by atoms with Gasteiger partial charge >= 0.3 is 6.18 Å². The minimum atomic E-state index is -4.40. The van der Waals surface area contributed by atoms with Gasteiger partial charge in [0.2, 0.25) is 0 Å². The Morgan fingerprint density at radius 2 is 1.63 bits per heavy atom. The summed E-state index contributed by atoms with van der Waals surface area (Å²) in [7, 11) is 0. The molecule has 2 nitrogen and oxygen atoms in total. The van der Waals surface area contributed by atoms with Crippen molar-refractivity contribution in [3.05, 3.63) is 53.5 Å². The lowest BCUT2D eigenvalue weighted by atomic mass is 10.1. The predicted octanol–water partition coefficient (Wildman–Crippen LogP) is 3.40. The van der Waals surface area contributed by atoms with Gasteiger partial charge in [0.15, 0.2) is 0 Å². The number of aliphatic hydroxyl groups excluding tert-OH is 1. The zero-order valence-corrected chi connectivity index (χ0v) is 9.58. The van der Waals surface area contributed by atoms with Crippen LogP contribution in [0.1, 0.15) is 11.3 Å². The summed E-state index contributed by atoms with van der Waals surface area (Å²) in [6, 6.07) is 6.83. The smallest absolute Gasteiger partial charge is 0.390 e. The van der Waals surface area contributed by atoms with Gasteiger partial charge in [-0.15, -0.1) is 0 Å². The summed E-state index contributed by atoms with van der Waals surface area (Å²) in [5, 5.41) is 8.89. The normalized spacial score (nSPS) is 11.6. The maximum absolute atomic E-state index is 13.1. The van der Waals surface area contributed by atoms with Gasteiger partial charge in [0.1, 0.15) is 11.5 Å². The van der Waals surface area contributed by atoms with Gasteiger partial charge in [-0.05, 0) is 24.3 Å². The van der Waals surface area contributed by atoms with E-state index in [9.17, 15) is 17.6 Å². The van der Waals surface area contributed by atoms with E-state index in [2.05, 4.69) is 4.98 Å². The average Bonchev–Trinajstić information content (AvgIpc) is 2.38. The zero-order chi connectivity index (χ0) is 14.0. The fourth-order valence-corrected chi connectivity index (χ4v) is 1.59. The Labute approximate surface area is 106 Å². The molecule has 100 valence electrons. The van der Waals surface area contributed by atoms with E-state index in [1.54, 1.807) is 0 Å². The van der Waals surface area contributed by atoms with Crippen LogP contribution in [0.3, 0.4) is 0 Å². The quantitative estimate of drug-likeness (QED) is 0.849. The van der Waals surface area contributed by atoms with Gasteiger partial charge in [-0.25, -0.2) is 9.37 Å². The molecule has 2 aromatic rings. The van der Waals surface area contributed by atoms with Crippen LogP contribution in [0.5, 0.6) is 0 Å². The standard InChI is InChI=1S/C13H9F4NO/c14-10-5-6-11(18-12(10)7-19)8-1-3-9(4-2-8)13(15,16)17/h1-6,19H,7H2. The molecule has 0 atom stereocenters. The lowest BCUT2D eigenvalue weighted by molar-refractivity contribution is -0.137. The van der Waals surface area contributed by atoms with Crippen molar-refractivity contribution < 1.29 is 22.7 Å². The van der Waals surface area contributed by atoms with Crippen molar-refractivity contribution >= 4 is 0 Å². The summed E-state index contributed by atoms with van der Waals surface area (Å²) in [6.07, 6.45) is -4.40. The third-order valence-corrected chi connectivity index (χ3v) is 2.58. The number of nitrogens with zero attached hydrogens (tertiary/aromatic N) is 1. The molecule has 0 amide bonds. The van der Waals surface area contributed by atoms with Crippen LogP contribution < -0.4 is 0 Å². The molecule has 0 unspecified atom stereocenters. The molecule has 0 aliphatic heterocycles. The molecule has 1 N–H and O–H groups in total. The Balaban J connectivity index is 2.37. The van der Waals surface area contributed by atoms with Gasteiger partial charge in [-0.1, -0.05) is 12.1 Å². The minimum Gasteiger partial charge on any atom is -0.390 e. The maximum atomic E-state index is 13.1. The average molecular weight is 271 g/mol. The molecule has 0 saturated carbocycles. The molecule has 0 fully saturated rings. The van der Waals surface area contributed by atoms with Crippen molar-refractivity contribution in [2.24, 2.45) is 0 Å². The van der Waals surface area contributed by atoms with Gasteiger partial charge in [0.25, 0.3) is 0 Å². The Bertz CT molecular complexity index is 578. The van der Waals surface area contributed by atoms with Gasteiger partial charge in [-0.3, -0.25) is 0 Å². The van der Waals surface area contributed by atoms with E-state index in [1.165, 1.54) is 18.2 Å². The molecular weight excluding hydrogens is 262 g/mol. The van der Waals surface area contributed by atoms with E-state index >= 15 is 0 Å². The molecule has 0 saturated heterocycles. The highest BCUT2D eigenvalue weighted by atomic mass is 19.4. The number of alkyl halides is 3. The predicted molar refractivity (Wildman–Crippen MR) is 60.6 cm³/mol. The Morgan fingerprint density at radius 1 is 1.00 bits per heavy atom. The Morgan fingerprint density at radius 3 is 2.16 bits per heavy atom. The van der Waals surface area contributed by atoms with Crippen LogP contribution in [0.2, 0.25) is 0 Å². The monoisotopic (exact) mass is 271 g/mol. The number of aliphatic hydroxyl groups is 1. The Hall–Kier alpha value is -1.95. The van der Waals surface area contributed by atoms with E-state index < -0.39 is 24.2 Å². The van der Waals surface area contributed by atoms with Crippen LogP contribution in [0.4, 0.5) is 17.6 Å². The van der Waals surface area contributed by atoms with Crippen molar-refractivity contribution in [3.63, 3.8) is 0 Å². The van der Waals surface area contributed by atoms with Gasteiger partial charge < -0.3 is 5.11 Å². The van der Waals surface area contributed by atoms with E-state index in [0.29, 0.717) is 11.3 Å². The fraction of sp³-hybridized carbons (Fsp3) is 0.154. The highest BCUT2D eigenvalue weighted by Crippen LogP contribution is 2.30. The molecule has 1 aromatic heterocycles. The lowest BCUT2D eigenvalue weighted by Gasteiger charge is -2.08. The van der Waals surface area contributed by atoms with Gasteiger partial charge in [0, 0.05) is 5.56 Å². The summed E-state index contributed by atoms with van der Waals surface area (Å²) in [5.41, 5.74) is -0.181. The SMILES string of the molecule is OCc1nc(-c2ccc(C(F)(F)F)cc2)ccc1F. The van der Waals surface area contributed by atoms with E-state index in [1.807, 2.05) is 0 Å². The summed E-state index contributed by atoms with van der Waals surface area (Å²) in [4.78, 5) is 3.85. The van der Waals surface area contributed by atoms with Crippen LogP contribution in [0.15, 0.2) is 36.4 Å². The first kappa shape index (κ1) is 13.5. The second-order valence-corrected chi connectivity index (χ2v) is 3.86. The summed E-state index contributed by atoms with van der Waals surface area (Å²) in [5.74, 6) is -0.654. The van der Waals surface area contributed by atoms with Crippen molar-refractivity contribution in [2.75, 3.05) is 0 Å². The number of pyridine rings is 1. The van der Waals surface area contributed by atoms with Crippen LogP contribution in [0.25, 0.3) is 11.3 Å². The van der Waals surface area contributed by atoms with Crippen molar-refractivity contribution in [3.8, 4) is 11.3 Å². The van der Waals surface area contributed by atoms with Crippen LogP contribution in [0, 0.1) is 5.82 Å². The van der Waals surface area contributed by atoms with E-state index in [-0.39, 0.29) is 5.69 Å². The molecule has 0 radical (unpaired) electrons. The van der Waals surface area contributed by atoms with E-state index in [0.717, 1.165) is 18.2 Å². The topological polar surface area (TPSA) is 33.1 Å². The molecule has 1 heterocycles. The molecule has 0 aliphatic rings. The van der Waals surface area contributed by atoms with Crippen molar-refractivity contribution in [1.82, 2.24) is 4.98 Å². The fourth-order valence-electron chi connectivity index (χ4n) is 1.59. The third kappa shape index (κ3) is 2.90. The second kappa shape index (κ2) is 4.97. The molecule has 0 spiro atoms. The largest absolute Gasteiger partial charge is 0.416 e. The van der Waals surface area contributed by atoms with Gasteiger partial charge in [0.05, 0.1) is 17.9 Å². The van der Waals surface area contributed by atoms with Crippen LogP contribution in [-0.2, 0) is 12.8 Å². The third-order valence-electron chi connectivity index (χ3n) is 2.58. The molecule has 0 aliphatic carbocycles. The van der Waals surface area contributed by atoms with Crippen molar-refractivity contribution in [2.45, 2.75) is 12.8 Å². The maximum Gasteiger partial charge on any atom is 0.416 e. The molecule has 19 heavy (non-hydrogen) atoms. The minimum absolute atomic E-state index is 0.141. The molecular formula is C13H9F4NO. The number of hydrogen-bond donors (Lipinski definition) is 1. The molecule has 2 rings (SSSR count). The van der Waals surface area contributed by atoms with E-state index in [4.69, 9.17) is 5.11 Å². The number of aromatic nitrogens is 1. The summed E-state index contributed by atoms with van der Waals surface area (Å²) >= 11 is 0. The van der Waals surface area contributed by atoms with Gasteiger partial charge in [-0.2, -0.15) is 13.2 Å². The number of rotatable bonds is 2. The lowest BCUT2D eigenvalue weighted by Crippen LogP contribution is -2.04.